The van der Waals surface area contributed by atoms with Crippen molar-refractivity contribution in [3.63, 3.8) is 0 Å². The monoisotopic (exact) mass is 483 g/mol. The van der Waals surface area contributed by atoms with Gasteiger partial charge in [0.15, 0.2) is 5.13 Å². The number of carbonyl (C=O) groups is 1. The van der Waals surface area contributed by atoms with Crippen LogP contribution >= 0.6 is 34.7 Å². The van der Waals surface area contributed by atoms with Gasteiger partial charge in [0.25, 0.3) is 0 Å². The minimum absolute atomic E-state index is 0.0256. The zero-order valence-corrected chi connectivity index (χ0v) is 20.1. The van der Waals surface area contributed by atoms with E-state index in [4.69, 9.17) is 21.3 Å². The molecule has 2 aromatic heterocycles. The maximum Gasteiger partial charge on any atom is 0.229 e. The molecule has 8 heteroatoms. The van der Waals surface area contributed by atoms with Gasteiger partial charge in [-0.05, 0) is 60.5 Å². The highest BCUT2D eigenvalue weighted by Crippen LogP contribution is 2.34. The lowest BCUT2D eigenvalue weighted by Crippen LogP contribution is -2.30. The minimum atomic E-state index is 0.0256. The fraction of sp³-hybridized carbons (Fsp3) is 0.208. The smallest absolute Gasteiger partial charge is 0.229 e. The molecule has 1 amide bonds. The second kappa shape index (κ2) is 10.3. The van der Waals surface area contributed by atoms with Gasteiger partial charge in [-0.2, -0.15) is 0 Å². The van der Waals surface area contributed by atoms with E-state index in [1.165, 1.54) is 11.3 Å². The first kappa shape index (κ1) is 22.6. The lowest BCUT2D eigenvalue weighted by atomic mass is 10.2. The van der Waals surface area contributed by atoms with E-state index in [0.29, 0.717) is 28.9 Å². The number of thiazole rings is 1. The van der Waals surface area contributed by atoms with Crippen LogP contribution in [0.1, 0.15) is 17.5 Å². The minimum Gasteiger partial charge on any atom is -0.497 e. The molecule has 0 aliphatic carbocycles. The van der Waals surface area contributed by atoms with Gasteiger partial charge in [0.1, 0.15) is 5.75 Å². The van der Waals surface area contributed by atoms with Gasteiger partial charge in [0.2, 0.25) is 5.91 Å². The molecule has 5 nitrogen and oxygen atoms in total. The molecule has 2 heterocycles. The van der Waals surface area contributed by atoms with Crippen LogP contribution in [0.2, 0.25) is 5.02 Å². The topological polar surface area (TPSA) is 55.3 Å². The second-order valence-electron chi connectivity index (χ2n) is 7.13. The SMILES string of the molecule is COc1ccc(SCCC(=O)N(Cc2cccnc2)c2nc3c(C)c(Cl)ccc3s2)cc1. The first-order valence-corrected chi connectivity index (χ1v) is 12.2. The van der Waals surface area contributed by atoms with Crippen LogP contribution in [0.25, 0.3) is 10.2 Å². The van der Waals surface area contributed by atoms with Crippen LogP contribution in [0, 0.1) is 6.92 Å². The maximum absolute atomic E-state index is 13.3. The van der Waals surface area contributed by atoms with Crippen molar-refractivity contribution in [2.24, 2.45) is 0 Å². The number of halogens is 1. The summed E-state index contributed by atoms with van der Waals surface area (Å²) >= 11 is 9.43. The highest BCUT2D eigenvalue weighted by molar-refractivity contribution is 7.99. The van der Waals surface area contributed by atoms with E-state index in [9.17, 15) is 4.79 Å². The number of anilines is 1. The number of methoxy groups -OCH3 is 1. The van der Waals surface area contributed by atoms with Crippen LogP contribution in [0.5, 0.6) is 5.75 Å². The fourth-order valence-electron chi connectivity index (χ4n) is 3.20. The summed E-state index contributed by atoms with van der Waals surface area (Å²) in [5.41, 5.74) is 2.72. The number of aryl methyl sites for hydroxylation is 1. The Morgan fingerprint density at radius 1 is 1.19 bits per heavy atom. The van der Waals surface area contributed by atoms with Gasteiger partial charge in [-0.25, -0.2) is 4.98 Å². The van der Waals surface area contributed by atoms with E-state index >= 15 is 0 Å². The summed E-state index contributed by atoms with van der Waals surface area (Å²) in [7, 11) is 1.65. The molecule has 0 aliphatic heterocycles. The molecule has 4 aromatic rings. The number of hydrogen-bond acceptors (Lipinski definition) is 6. The molecule has 0 unspecified atom stereocenters. The standard InChI is InChI=1S/C24H22ClN3O2S2/c1-16-20(25)9-10-21-23(16)27-24(32-21)28(15-17-4-3-12-26-14-17)22(29)11-13-31-19-7-5-18(30-2)6-8-19/h3-10,12,14H,11,13,15H2,1-2H3. The van der Waals surface area contributed by atoms with E-state index in [2.05, 4.69) is 4.98 Å². The number of pyridine rings is 1. The Balaban J connectivity index is 1.53. The van der Waals surface area contributed by atoms with Crippen molar-refractivity contribution in [3.05, 3.63) is 77.1 Å². The van der Waals surface area contributed by atoms with Crippen molar-refractivity contribution in [1.29, 1.82) is 0 Å². The average molecular weight is 484 g/mol. The molecule has 0 N–H and O–H groups in total. The summed E-state index contributed by atoms with van der Waals surface area (Å²) in [4.78, 5) is 25.1. The lowest BCUT2D eigenvalue weighted by molar-refractivity contribution is -0.118. The Hall–Kier alpha value is -2.61. The van der Waals surface area contributed by atoms with Gasteiger partial charge in [0, 0.05) is 34.5 Å². The number of hydrogen-bond donors (Lipinski definition) is 0. The number of thioether (sulfide) groups is 1. The zero-order chi connectivity index (χ0) is 22.5. The Kier molecular flexibility index (Phi) is 7.29. The molecule has 0 saturated heterocycles. The van der Waals surface area contributed by atoms with E-state index in [0.717, 1.165) is 32.0 Å². The molecule has 0 spiro atoms. The Bertz CT molecular complexity index is 1210. The van der Waals surface area contributed by atoms with Crippen molar-refractivity contribution >= 4 is 56.0 Å². The number of fused-ring (bicyclic) bond motifs is 1. The first-order valence-electron chi connectivity index (χ1n) is 10.1. The summed E-state index contributed by atoms with van der Waals surface area (Å²) in [5.74, 6) is 1.52. The molecular formula is C24H22ClN3O2S2. The summed E-state index contributed by atoms with van der Waals surface area (Å²) in [6.45, 7) is 2.37. The number of aromatic nitrogens is 2. The molecule has 0 fully saturated rings. The third-order valence-corrected chi connectivity index (χ3v) is 7.44. The van der Waals surface area contributed by atoms with E-state index in [-0.39, 0.29) is 5.91 Å². The molecule has 4 rings (SSSR count). The number of benzene rings is 2. The van der Waals surface area contributed by atoms with Gasteiger partial charge < -0.3 is 4.74 Å². The highest BCUT2D eigenvalue weighted by Gasteiger charge is 2.21. The zero-order valence-electron chi connectivity index (χ0n) is 17.7. The van der Waals surface area contributed by atoms with E-state index in [1.807, 2.05) is 55.5 Å². The molecule has 0 bridgehead atoms. The molecule has 164 valence electrons. The van der Waals surface area contributed by atoms with Crippen molar-refractivity contribution in [3.8, 4) is 5.75 Å². The largest absolute Gasteiger partial charge is 0.497 e. The number of carbonyl (C=O) groups excluding carboxylic acids is 1. The molecular weight excluding hydrogens is 462 g/mol. The van der Waals surface area contributed by atoms with Crippen LogP contribution in [-0.2, 0) is 11.3 Å². The van der Waals surface area contributed by atoms with Gasteiger partial charge in [-0.1, -0.05) is 29.0 Å². The number of nitrogens with zero attached hydrogens (tertiary/aromatic N) is 3. The van der Waals surface area contributed by atoms with Gasteiger partial charge in [-0.15, -0.1) is 11.8 Å². The average Bonchev–Trinajstić information content (AvgIpc) is 3.26. The third kappa shape index (κ3) is 5.23. The lowest BCUT2D eigenvalue weighted by Gasteiger charge is -2.20. The predicted molar refractivity (Wildman–Crippen MR) is 133 cm³/mol. The van der Waals surface area contributed by atoms with Crippen LogP contribution in [-0.4, -0.2) is 28.7 Å². The molecule has 0 atom stereocenters. The Morgan fingerprint density at radius 3 is 2.72 bits per heavy atom. The Labute approximate surface area is 200 Å². The quantitative estimate of drug-likeness (QED) is 0.272. The Morgan fingerprint density at radius 2 is 2.00 bits per heavy atom. The van der Waals surface area contributed by atoms with Gasteiger partial charge >= 0.3 is 0 Å². The summed E-state index contributed by atoms with van der Waals surface area (Å²) in [5, 5.41) is 1.35. The molecule has 0 saturated carbocycles. The number of amides is 1. The van der Waals surface area contributed by atoms with Crippen molar-refractivity contribution in [2.45, 2.75) is 24.8 Å². The molecule has 0 aliphatic rings. The maximum atomic E-state index is 13.3. The number of rotatable bonds is 8. The van der Waals surface area contributed by atoms with Crippen molar-refractivity contribution in [2.75, 3.05) is 17.8 Å². The number of ether oxygens (including phenoxy) is 1. The fourth-order valence-corrected chi connectivity index (χ4v) is 5.24. The van der Waals surface area contributed by atoms with Gasteiger partial charge in [-0.3, -0.25) is 14.7 Å². The third-order valence-electron chi connectivity index (χ3n) is 4.98. The predicted octanol–water partition coefficient (Wildman–Crippen LogP) is 6.38. The van der Waals surface area contributed by atoms with Crippen molar-refractivity contribution < 1.29 is 9.53 Å². The van der Waals surface area contributed by atoms with Crippen LogP contribution in [0.15, 0.2) is 65.8 Å². The summed E-state index contributed by atoms with van der Waals surface area (Å²) in [6.07, 6.45) is 3.90. The van der Waals surface area contributed by atoms with E-state index < -0.39 is 0 Å². The van der Waals surface area contributed by atoms with Crippen LogP contribution < -0.4 is 9.64 Å². The van der Waals surface area contributed by atoms with Crippen LogP contribution in [0.4, 0.5) is 5.13 Å². The van der Waals surface area contributed by atoms with Gasteiger partial charge in [0.05, 0.1) is 23.9 Å². The highest BCUT2D eigenvalue weighted by atomic mass is 35.5. The molecule has 2 aromatic carbocycles. The molecule has 0 radical (unpaired) electrons. The normalized spacial score (nSPS) is 11.0. The summed E-state index contributed by atoms with van der Waals surface area (Å²) in [6, 6.07) is 15.5. The van der Waals surface area contributed by atoms with Crippen LogP contribution in [0.3, 0.4) is 0 Å². The van der Waals surface area contributed by atoms with E-state index in [1.54, 1.807) is 36.2 Å². The van der Waals surface area contributed by atoms with Crippen molar-refractivity contribution in [1.82, 2.24) is 9.97 Å². The molecule has 32 heavy (non-hydrogen) atoms. The second-order valence-corrected chi connectivity index (χ2v) is 9.72. The summed E-state index contributed by atoms with van der Waals surface area (Å²) < 4.78 is 6.21. The first-order chi connectivity index (χ1) is 15.5.